The van der Waals surface area contributed by atoms with Crippen LogP contribution in [0.5, 0.6) is 0 Å². The van der Waals surface area contributed by atoms with Crippen LogP contribution in [0, 0.1) is 0 Å². The van der Waals surface area contributed by atoms with Crippen molar-refractivity contribution in [3.05, 3.63) is 107 Å². The van der Waals surface area contributed by atoms with Crippen LogP contribution < -0.4 is 0 Å². The second-order valence-corrected chi connectivity index (χ2v) is 9.68. The lowest BCUT2D eigenvalue weighted by Crippen LogP contribution is -1.94. The van der Waals surface area contributed by atoms with Crippen molar-refractivity contribution in [2.24, 2.45) is 0 Å². The maximum Gasteiger partial charge on any atom is 0.178 e. The van der Waals surface area contributed by atoms with Crippen LogP contribution in [-0.2, 0) is 12.8 Å². The Morgan fingerprint density at radius 1 is 0.629 bits per heavy atom. The second-order valence-electron chi connectivity index (χ2n) is 9.68. The molecule has 0 saturated carbocycles. The third kappa shape index (κ3) is 2.15. The van der Waals surface area contributed by atoms with Crippen LogP contribution in [0.15, 0.2) is 85.2 Å². The van der Waals surface area contributed by atoms with E-state index in [9.17, 15) is 0 Å². The lowest BCUT2D eigenvalue weighted by Gasteiger charge is -2.11. The highest BCUT2D eigenvalue weighted by molar-refractivity contribution is 6.14. The van der Waals surface area contributed by atoms with Gasteiger partial charge in [-0.2, -0.15) is 0 Å². The van der Waals surface area contributed by atoms with Gasteiger partial charge < -0.3 is 0 Å². The number of aromatic nitrogens is 4. The Kier molecular flexibility index (Phi) is 3.11. The molecule has 0 unspecified atom stereocenters. The van der Waals surface area contributed by atoms with Gasteiger partial charge in [0.15, 0.2) is 5.65 Å². The Bertz CT molecular complexity index is 2070. The molecule has 0 bridgehead atoms. The molecule has 0 N–H and O–H groups in total. The molecule has 0 atom stereocenters. The van der Waals surface area contributed by atoms with E-state index in [1.807, 2.05) is 24.5 Å². The fourth-order valence-electron chi connectivity index (χ4n) is 6.47. The number of nitrogens with zero attached hydrogens (tertiary/aromatic N) is 4. The molecule has 0 saturated heterocycles. The van der Waals surface area contributed by atoms with Gasteiger partial charge in [0.2, 0.25) is 0 Å². The van der Waals surface area contributed by atoms with Gasteiger partial charge in [-0.25, -0.2) is 9.97 Å². The van der Waals surface area contributed by atoms with E-state index in [4.69, 9.17) is 9.97 Å². The maximum absolute atomic E-state index is 4.98. The van der Waals surface area contributed by atoms with E-state index in [2.05, 4.69) is 70.0 Å². The number of pyridine rings is 3. The summed E-state index contributed by atoms with van der Waals surface area (Å²) in [5.41, 5.74) is 16.0. The average molecular weight is 447 g/mol. The SMILES string of the molecule is c1ccc2c(c1)Cc1ccc3c(c1-2)Cc1cc2c(cc1-3)c1ncccc1n1c3cccnc3nc21. The summed E-state index contributed by atoms with van der Waals surface area (Å²) < 4.78 is 2.22. The number of hydrogen-bond donors (Lipinski definition) is 0. The van der Waals surface area contributed by atoms with Gasteiger partial charge in [0.05, 0.1) is 16.6 Å². The number of hydrogen-bond acceptors (Lipinski definition) is 3. The van der Waals surface area contributed by atoms with Crippen molar-refractivity contribution < 1.29 is 0 Å². The average Bonchev–Trinajstić information content (AvgIpc) is 3.58. The predicted octanol–water partition coefficient (Wildman–Crippen LogP) is 6.73. The largest absolute Gasteiger partial charge is 0.288 e. The monoisotopic (exact) mass is 446 g/mol. The molecule has 0 radical (unpaired) electrons. The molecule has 0 amide bonds. The van der Waals surface area contributed by atoms with Crippen LogP contribution in [0.4, 0.5) is 0 Å². The highest BCUT2D eigenvalue weighted by atomic mass is 15.1. The lowest BCUT2D eigenvalue weighted by atomic mass is 9.95. The van der Waals surface area contributed by atoms with Gasteiger partial charge in [-0.05, 0) is 93.7 Å². The van der Waals surface area contributed by atoms with Crippen molar-refractivity contribution in [3.63, 3.8) is 0 Å². The van der Waals surface area contributed by atoms with Gasteiger partial charge in [0.1, 0.15) is 5.65 Å². The van der Waals surface area contributed by atoms with Crippen molar-refractivity contribution in [1.29, 1.82) is 0 Å². The molecule has 0 aliphatic heterocycles. The minimum atomic E-state index is 0.767. The molecule has 2 aliphatic carbocycles. The standard InChI is InChI=1S/C31H18N4/c1-2-6-20-17(5-1)13-18-9-10-21-22-16-24-25(15-19(22)14-23(21)28(18)20)31-34-30-27(8-4-12-33-30)35(31)26-7-3-11-32-29(24)26/h1-12,15-16H,13-14H2. The van der Waals surface area contributed by atoms with Crippen LogP contribution in [0.2, 0.25) is 0 Å². The van der Waals surface area contributed by atoms with E-state index in [1.165, 1.54) is 44.5 Å². The molecule has 0 spiro atoms. The third-order valence-electron chi connectivity index (χ3n) is 7.92. The Balaban J connectivity index is 1.40. The lowest BCUT2D eigenvalue weighted by molar-refractivity contribution is 1.23. The fraction of sp³-hybridized carbons (Fsp3) is 0.0645. The van der Waals surface area contributed by atoms with Crippen LogP contribution >= 0.6 is 0 Å². The zero-order chi connectivity index (χ0) is 22.7. The maximum atomic E-state index is 4.98. The van der Waals surface area contributed by atoms with Gasteiger partial charge in [0.25, 0.3) is 0 Å². The summed E-state index contributed by atoms with van der Waals surface area (Å²) in [6, 6.07) is 26.4. The number of rotatable bonds is 0. The van der Waals surface area contributed by atoms with Gasteiger partial charge in [0, 0.05) is 23.2 Å². The van der Waals surface area contributed by atoms with E-state index in [0.29, 0.717) is 0 Å². The molecule has 4 heteroatoms. The number of benzene rings is 3. The highest BCUT2D eigenvalue weighted by Crippen LogP contribution is 2.49. The van der Waals surface area contributed by atoms with E-state index >= 15 is 0 Å². The summed E-state index contributed by atoms with van der Waals surface area (Å²) in [5.74, 6) is 0. The Hall–Kier alpha value is -4.57. The molecule has 2 aliphatic rings. The smallest absolute Gasteiger partial charge is 0.178 e. The van der Waals surface area contributed by atoms with Crippen molar-refractivity contribution >= 4 is 38.6 Å². The van der Waals surface area contributed by atoms with Crippen molar-refractivity contribution in [2.45, 2.75) is 12.8 Å². The molecule has 9 rings (SSSR count). The minimum absolute atomic E-state index is 0.767. The number of imidazole rings is 1. The third-order valence-corrected chi connectivity index (χ3v) is 7.92. The van der Waals surface area contributed by atoms with Gasteiger partial charge >= 0.3 is 0 Å². The predicted molar refractivity (Wildman–Crippen MR) is 140 cm³/mol. The molecule has 0 fully saturated rings. The summed E-state index contributed by atoms with van der Waals surface area (Å²) in [6.45, 7) is 0. The van der Waals surface area contributed by atoms with E-state index in [-0.39, 0.29) is 0 Å². The van der Waals surface area contributed by atoms with E-state index < -0.39 is 0 Å². The van der Waals surface area contributed by atoms with Crippen LogP contribution in [-0.4, -0.2) is 19.4 Å². The Morgan fingerprint density at radius 2 is 1.51 bits per heavy atom. The molecule has 4 heterocycles. The van der Waals surface area contributed by atoms with E-state index in [0.717, 1.165) is 51.5 Å². The first kappa shape index (κ1) is 17.8. The summed E-state index contributed by atoms with van der Waals surface area (Å²) in [7, 11) is 0. The molecular weight excluding hydrogens is 428 g/mol. The molecular formula is C31H18N4. The quantitative estimate of drug-likeness (QED) is 0.243. The zero-order valence-electron chi connectivity index (χ0n) is 18.8. The molecule has 4 aromatic heterocycles. The fourth-order valence-corrected chi connectivity index (χ4v) is 6.47. The van der Waals surface area contributed by atoms with Gasteiger partial charge in [-0.15, -0.1) is 0 Å². The first-order chi connectivity index (χ1) is 17.3. The van der Waals surface area contributed by atoms with Crippen molar-refractivity contribution in [2.75, 3.05) is 0 Å². The Labute approximate surface area is 200 Å². The van der Waals surface area contributed by atoms with Crippen LogP contribution in [0.1, 0.15) is 22.3 Å². The molecule has 162 valence electrons. The normalized spacial score (nSPS) is 13.5. The summed E-state index contributed by atoms with van der Waals surface area (Å²) >= 11 is 0. The van der Waals surface area contributed by atoms with Crippen LogP contribution in [0.25, 0.3) is 60.9 Å². The second kappa shape index (κ2) is 6.10. The first-order valence-corrected chi connectivity index (χ1v) is 12.0. The molecule has 4 nitrogen and oxygen atoms in total. The van der Waals surface area contributed by atoms with E-state index in [1.54, 1.807) is 0 Å². The molecule has 35 heavy (non-hydrogen) atoms. The number of fused-ring (bicyclic) bond motifs is 15. The van der Waals surface area contributed by atoms with Gasteiger partial charge in [-0.3, -0.25) is 9.38 Å². The molecule has 3 aromatic carbocycles. The van der Waals surface area contributed by atoms with Gasteiger partial charge in [-0.1, -0.05) is 36.4 Å². The summed E-state index contributed by atoms with van der Waals surface area (Å²) in [5, 5.41) is 2.29. The first-order valence-electron chi connectivity index (χ1n) is 12.0. The van der Waals surface area contributed by atoms with Crippen LogP contribution in [0.3, 0.4) is 0 Å². The topological polar surface area (TPSA) is 43.1 Å². The molecule has 7 aromatic rings. The summed E-state index contributed by atoms with van der Waals surface area (Å²) in [4.78, 5) is 14.4. The summed E-state index contributed by atoms with van der Waals surface area (Å²) in [6.07, 6.45) is 5.67. The van der Waals surface area contributed by atoms with Crippen molar-refractivity contribution in [1.82, 2.24) is 19.4 Å². The highest BCUT2D eigenvalue weighted by Gasteiger charge is 2.29. The minimum Gasteiger partial charge on any atom is -0.288 e. The Morgan fingerprint density at radius 3 is 2.49 bits per heavy atom. The van der Waals surface area contributed by atoms with Crippen molar-refractivity contribution in [3.8, 4) is 22.3 Å². The zero-order valence-corrected chi connectivity index (χ0v) is 18.8.